The molecule has 0 aromatic carbocycles. The van der Waals surface area contributed by atoms with Gasteiger partial charge in [0, 0.05) is 11.3 Å². The summed E-state index contributed by atoms with van der Waals surface area (Å²) >= 11 is 0. The maximum absolute atomic E-state index is 12.9. The van der Waals surface area contributed by atoms with Gasteiger partial charge in [-0.3, -0.25) is 19.2 Å². The van der Waals surface area contributed by atoms with Gasteiger partial charge in [0.05, 0.1) is 28.9 Å². The van der Waals surface area contributed by atoms with Crippen molar-refractivity contribution >= 4 is 23.8 Å². The highest BCUT2D eigenvalue weighted by molar-refractivity contribution is 5.82. The summed E-state index contributed by atoms with van der Waals surface area (Å²) in [6, 6.07) is -0.964. The first kappa shape index (κ1) is 30.9. The Morgan fingerprint density at radius 2 is 0.943 bits per heavy atom. The first-order chi connectivity index (χ1) is 15.5. The normalized spacial score (nSPS) is 25.6. The fraction of sp³-hybridized carbons (Fsp3) is 0.846. The van der Waals surface area contributed by atoms with Gasteiger partial charge in [0.2, 0.25) is 5.91 Å². The predicted octanol–water partition coefficient (Wildman–Crippen LogP) is 3.01. The lowest BCUT2D eigenvalue weighted by Gasteiger charge is -2.32. The standard InChI is InChI=1S/C26H45NO8/c1-23(2,3)19(29)27-15-14(13-28)16(33-20(30)24(4,5)6)18(35-22(32)26(10,11)12)17(15)34-21(31)25(7,8)9/h14-18,28H,13H2,1-12H3,(H,27,29)/t14-,15-,16+,17+,18-/m0/s1. The first-order valence-electron chi connectivity index (χ1n) is 12.1. The minimum Gasteiger partial charge on any atom is -0.457 e. The van der Waals surface area contributed by atoms with Crippen LogP contribution in [0.3, 0.4) is 0 Å². The Balaban J connectivity index is 3.63. The number of carbonyl (C=O) groups is 4. The minimum absolute atomic E-state index is 0.360. The second-order valence-corrected chi connectivity index (χ2v) is 13.5. The van der Waals surface area contributed by atoms with E-state index in [0.717, 1.165) is 0 Å². The SMILES string of the molecule is CC(C)(C)C(=O)N[C@H]1[C@H](CO)[C@@H](OC(=O)C(C)(C)C)[C@H](OC(=O)C(C)(C)C)[C@@H]1OC(=O)C(C)(C)C. The van der Waals surface area contributed by atoms with Crippen molar-refractivity contribution in [2.24, 2.45) is 27.6 Å². The predicted molar refractivity (Wildman–Crippen MR) is 130 cm³/mol. The van der Waals surface area contributed by atoms with Crippen LogP contribution in [0.15, 0.2) is 0 Å². The third-order valence-corrected chi connectivity index (χ3v) is 5.64. The Hall–Kier alpha value is -2.16. The second-order valence-electron chi connectivity index (χ2n) is 13.5. The molecule has 1 saturated carbocycles. The number of amides is 1. The Morgan fingerprint density at radius 3 is 1.26 bits per heavy atom. The molecule has 0 aromatic rings. The number of rotatable bonds is 5. The van der Waals surface area contributed by atoms with Gasteiger partial charge in [-0.2, -0.15) is 0 Å². The molecule has 0 aliphatic heterocycles. The molecule has 0 heterocycles. The number of hydrogen-bond acceptors (Lipinski definition) is 8. The molecule has 5 atom stereocenters. The number of carbonyl (C=O) groups excluding carboxylic acids is 4. The van der Waals surface area contributed by atoms with Crippen molar-refractivity contribution < 1.29 is 38.5 Å². The molecule has 0 bridgehead atoms. The summed E-state index contributed by atoms with van der Waals surface area (Å²) < 4.78 is 17.4. The third kappa shape index (κ3) is 7.92. The molecular formula is C26H45NO8. The molecule has 1 amide bonds. The lowest BCUT2D eigenvalue weighted by atomic mass is 9.93. The zero-order chi connectivity index (χ0) is 27.7. The zero-order valence-corrected chi connectivity index (χ0v) is 23.4. The van der Waals surface area contributed by atoms with E-state index < -0.39 is 76.4 Å². The molecule has 1 rings (SSSR count). The van der Waals surface area contributed by atoms with Crippen LogP contribution in [-0.2, 0) is 33.4 Å². The number of esters is 3. The summed E-state index contributed by atoms with van der Waals surface area (Å²) in [6.45, 7) is 19.7. The Bertz CT molecular complexity index is 741. The minimum atomic E-state index is -1.23. The van der Waals surface area contributed by atoms with Gasteiger partial charge in [-0.05, 0) is 62.3 Å². The van der Waals surface area contributed by atoms with Crippen molar-refractivity contribution in [3.05, 3.63) is 0 Å². The summed E-state index contributed by atoms with van der Waals surface area (Å²) in [7, 11) is 0. The van der Waals surface area contributed by atoms with Gasteiger partial charge in [-0.25, -0.2) is 0 Å². The Labute approximate surface area is 209 Å². The lowest BCUT2D eigenvalue weighted by Crippen LogP contribution is -2.52. The number of aliphatic hydroxyl groups excluding tert-OH is 1. The molecule has 0 spiro atoms. The van der Waals surface area contributed by atoms with Crippen LogP contribution in [0.4, 0.5) is 0 Å². The topological polar surface area (TPSA) is 128 Å². The average Bonchev–Trinajstić information content (AvgIpc) is 2.90. The van der Waals surface area contributed by atoms with Crippen molar-refractivity contribution in [2.75, 3.05) is 6.61 Å². The second kappa shape index (κ2) is 10.4. The maximum atomic E-state index is 12.9. The molecule has 202 valence electrons. The van der Waals surface area contributed by atoms with E-state index in [1.54, 1.807) is 83.1 Å². The van der Waals surface area contributed by atoms with Crippen LogP contribution in [-0.4, -0.2) is 59.9 Å². The molecule has 9 heteroatoms. The van der Waals surface area contributed by atoms with Crippen LogP contribution in [0.25, 0.3) is 0 Å². The highest BCUT2D eigenvalue weighted by Gasteiger charge is 2.58. The molecule has 1 aliphatic carbocycles. The van der Waals surface area contributed by atoms with E-state index in [1.165, 1.54) is 0 Å². The number of ether oxygens (including phenoxy) is 3. The Morgan fingerprint density at radius 1 is 0.600 bits per heavy atom. The van der Waals surface area contributed by atoms with Crippen LogP contribution < -0.4 is 5.32 Å². The van der Waals surface area contributed by atoms with E-state index in [9.17, 15) is 24.3 Å². The average molecular weight is 500 g/mol. The molecule has 9 nitrogen and oxygen atoms in total. The Kier molecular flexibility index (Phi) is 9.21. The molecule has 0 aromatic heterocycles. The van der Waals surface area contributed by atoms with Gasteiger partial charge in [-0.1, -0.05) is 20.8 Å². The van der Waals surface area contributed by atoms with Gasteiger partial charge in [0.15, 0.2) is 12.2 Å². The summed E-state index contributed by atoms with van der Waals surface area (Å²) in [6.07, 6.45) is -3.57. The highest BCUT2D eigenvalue weighted by Crippen LogP contribution is 2.38. The molecule has 1 aliphatic rings. The van der Waals surface area contributed by atoms with Gasteiger partial charge in [-0.15, -0.1) is 0 Å². The largest absolute Gasteiger partial charge is 0.457 e. The fourth-order valence-electron chi connectivity index (χ4n) is 3.19. The number of aliphatic hydroxyl groups is 1. The smallest absolute Gasteiger partial charge is 0.311 e. The van der Waals surface area contributed by atoms with E-state index in [1.807, 2.05) is 0 Å². The van der Waals surface area contributed by atoms with Gasteiger partial charge >= 0.3 is 17.9 Å². The molecule has 35 heavy (non-hydrogen) atoms. The molecule has 0 unspecified atom stereocenters. The van der Waals surface area contributed by atoms with Crippen LogP contribution in [0, 0.1) is 27.6 Å². The maximum Gasteiger partial charge on any atom is 0.311 e. The molecule has 0 saturated heterocycles. The van der Waals surface area contributed by atoms with Crippen molar-refractivity contribution in [1.29, 1.82) is 0 Å². The molecular weight excluding hydrogens is 454 g/mol. The molecule has 0 radical (unpaired) electrons. The summed E-state index contributed by atoms with van der Waals surface area (Å²) in [5, 5.41) is 13.2. The van der Waals surface area contributed by atoms with E-state index in [0.29, 0.717) is 0 Å². The quantitative estimate of drug-likeness (QED) is 0.436. The van der Waals surface area contributed by atoms with Crippen LogP contribution in [0.5, 0.6) is 0 Å². The van der Waals surface area contributed by atoms with E-state index >= 15 is 0 Å². The van der Waals surface area contributed by atoms with Crippen LogP contribution >= 0.6 is 0 Å². The van der Waals surface area contributed by atoms with E-state index in [2.05, 4.69) is 5.32 Å². The summed E-state index contributed by atoms with van der Waals surface area (Å²) in [5.74, 6) is -3.02. The van der Waals surface area contributed by atoms with Crippen molar-refractivity contribution in [2.45, 2.75) is 107 Å². The van der Waals surface area contributed by atoms with Gasteiger partial charge in [0.1, 0.15) is 6.10 Å². The zero-order valence-electron chi connectivity index (χ0n) is 23.4. The first-order valence-corrected chi connectivity index (χ1v) is 12.1. The number of nitrogens with one attached hydrogen (secondary N) is 1. The van der Waals surface area contributed by atoms with Gasteiger partial charge < -0.3 is 24.6 Å². The monoisotopic (exact) mass is 499 g/mol. The van der Waals surface area contributed by atoms with Crippen molar-refractivity contribution in [1.82, 2.24) is 5.32 Å². The summed E-state index contributed by atoms with van der Waals surface area (Å²) in [4.78, 5) is 51.6. The summed E-state index contributed by atoms with van der Waals surface area (Å²) in [5.41, 5.74) is -3.48. The van der Waals surface area contributed by atoms with E-state index in [4.69, 9.17) is 14.2 Å². The van der Waals surface area contributed by atoms with Crippen LogP contribution in [0.2, 0.25) is 0 Å². The third-order valence-electron chi connectivity index (χ3n) is 5.64. The molecule has 2 N–H and O–H groups in total. The van der Waals surface area contributed by atoms with Crippen molar-refractivity contribution in [3.63, 3.8) is 0 Å². The van der Waals surface area contributed by atoms with E-state index in [-0.39, 0.29) is 5.91 Å². The van der Waals surface area contributed by atoms with Crippen molar-refractivity contribution in [3.8, 4) is 0 Å². The molecule has 1 fully saturated rings. The number of hydrogen-bond donors (Lipinski definition) is 2. The van der Waals surface area contributed by atoms with Gasteiger partial charge in [0.25, 0.3) is 0 Å². The highest BCUT2D eigenvalue weighted by atomic mass is 16.6. The lowest BCUT2D eigenvalue weighted by molar-refractivity contribution is -0.189. The fourth-order valence-corrected chi connectivity index (χ4v) is 3.19. The van der Waals surface area contributed by atoms with Crippen LogP contribution in [0.1, 0.15) is 83.1 Å².